The van der Waals surface area contributed by atoms with Gasteiger partial charge in [-0.1, -0.05) is 12.1 Å². The van der Waals surface area contributed by atoms with E-state index in [-0.39, 0.29) is 19.0 Å². The van der Waals surface area contributed by atoms with Crippen molar-refractivity contribution in [2.24, 2.45) is 5.73 Å². The predicted octanol–water partition coefficient (Wildman–Crippen LogP) is 0.964. The number of aliphatic hydroxyl groups is 1. The fourth-order valence-corrected chi connectivity index (χ4v) is 1.18. The number of halogens is 1. The van der Waals surface area contributed by atoms with E-state index in [0.717, 1.165) is 0 Å². The molecule has 78 valence electrons. The Hall–Kier alpha value is -0.970. The van der Waals surface area contributed by atoms with Crippen LogP contribution in [0.4, 0.5) is 4.39 Å². The van der Waals surface area contributed by atoms with E-state index in [9.17, 15) is 9.50 Å². The van der Waals surface area contributed by atoms with Gasteiger partial charge in [0, 0.05) is 19.2 Å². The van der Waals surface area contributed by atoms with E-state index >= 15 is 0 Å². The summed E-state index contributed by atoms with van der Waals surface area (Å²) >= 11 is 0. The van der Waals surface area contributed by atoms with Gasteiger partial charge >= 0.3 is 0 Å². The minimum absolute atomic E-state index is 0.0864. The van der Waals surface area contributed by atoms with Gasteiger partial charge in [-0.3, -0.25) is 0 Å². The number of methoxy groups -OCH3 is 1. The second kappa shape index (κ2) is 5.05. The molecular formula is C10H14FNO2. The van der Waals surface area contributed by atoms with Crippen molar-refractivity contribution >= 4 is 0 Å². The zero-order chi connectivity index (χ0) is 10.6. The third-order valence-corrected chi connectivity index (χ3v) is 1.98. The van der Waals surface area contributed by atoms with E-state index < -0.39 is 6.10 Å². The zero-order valence-electron chi connectivity index (χ0n) is 8.03. The van der Waals surface area contributed by atoms with E-state index in [1.54, 1.807) is 12.1 Å². The summed E-state index contributed by atoms with van der Waals surface area (Å²) in [6.07, 6.45) is -0.805. The Balaban J connectivity index is 2.88. The minimum Gasteiger partial charge on any atom is -0.387 e. The van der Waals surface area contributed by atoms with Gasteiger partial charge in [0.15, 0.2) is 0 Å². The molecule has 0 aromatic heterocycles. The number of rotatable bonds is 4. The molecule has 0 bridgehead atoms. The minimum atomic E-state index is -0.805. The molecule has 0 aliphatic heterocycles. The van der Waals surface area contributed by atoms with E-state index in [1.807, 2.05) is 0 Å². The topological polar surface area (TPSA) is 55.5 Å². The molecule has 1 aromatic rings. The summed E-state index contributed by atoms with van der Waals surface area (Å²) in [5.74, 6) is -0.378. The smallest absolute Gasteiger partial charge is 0.129 e. The molecule has 1 atom stereocenters. The molecule has 14 heavy (non-hydrogen) atoms. The van der Waals surface area contributed by atoms with Crippen LogP contribution in [-0.2, 0) is 11.3 Å². The standard InChI is InChI=1S/C10H14FNO2/c1-14-6-8-3-2-7(4-9(8)11)10(13)5-12/h2-4,10,13H,5-6,12H2,1H3. The highest BCUT2D eigenvalue weighted by atomic mass is 19.1. The fraction of sp³-hybridized carbons (Fsp3) is 0.400. The monoisotopic (exact) mass is 199 g/mol. The van der Waals surface area contributed by atoms with Gasteiger partial charge in [-0.15, -0.1) is 0 Å². The van der Waals surface area contributed by atoms with Crippen LogP contribution < -0.4 is 5.73 Å². The van der Waals surface area contributed by atoms with Gasteiger partial charge in [-0.25, -0.2) is 4.39 Å². The van der Waals surface area contributed by atoms with E-state index in [4.69, 9.17) is 10.5 Å². The summed E-state index contributed by atoms with van der Waals surface area (Å²) in [6, 6.07) is 4.52. The van der Waals surface area contributed by atoms with Crippen LogP contribution in [0.3, 0.4) is 0 Å². The molecule has 0 aliphatic carbocycles. The van der Waals surface area contributed by atoms with Crippen LogP contribution in [0.25, 0.3) is 0 Å². The third-order valence-electron chi connectivity index (χ3n) is 1.98. The lowest BCUT2D eigenvalue weighted by molar-refractivity contribution is 0.179. The normalized spacial score (nSPS) is 12.9. The quantitative estimate of drug-likeness (QED) is 0.759. The van der Waals surface area contributed by atoms with Crippen LogP contribution in [0, 0.1) is 5.82 Å². The summed E-state index contributed by atoms with van der Waals surface area (Å²) in [5, 5.41) is 9.35. The maximum absolute atomic E-state index is 13.3. The molecule has 4 heteroatoms. The molecule has 0 saturated heterocycles. The molecule has 0 fully saturated rings. The fourth-order valence-electron chi connectivity index (χ4n) is 1.18. The van der Waals surface area contributed by atoms with E-state index in [1.165, 1.54) is 13.2 Å². The summed E-state index contributed by atoms with van der Waals surface area (Å²) in [5.41, 5.74) is 6.22. The Labute approximate surface area is 82.3 Å². The number of hydrogen-bond donors (Lipinski definition) is 2. The lowest BCUT2D eigenvalue weighted by atomic mass is 10.1. The lowest BCUT2D eigenvalue weighted by Crippen LogP contribution is -2.12. The molecule has 1 rings (SSSR count). The molecule has 0 spiro atoms. The molecule has 3 nitrogen and oxygen atoms in total. The van der Waals surface area contributed by atoms with Gasteiger partial charge in [-0.05, 0) is 11.6 Å². The lowest BCUT2D eigenvalue weighted by Gasteiger charge is -2.09. The number of nitrogens with two attached hydrogens (primary N) is 1. The maximum atomic E-state index is 13.3. The molecule has 0 saturated carbocycles. The highest BCUT2D eigenvalue weighted by Crippen LogP contribution is 2.16. The molecular weight excluding hydrogens is 185 g/mol. The van der Waals surface area contributed by atoms with E-state index in [0.29, 0.717) is 11.1 Å². The highest BCUT2D eigenvalue weighted by Gasteiger charge is 2.08. The maximum Gasteiger partial charge on any atom is 0.129 e. The number of aliphatic hydroxyl groups excluding tert-OH is 1. The van der Waals surface area contributed by atoms with Gasteiger partial charge in [0.2, 0.25) is 0 Å². The molecule has 3 N–H and O–H groups in total. The van der Waals surface area contributed by atoms with Gasteiger partial charge in [0.25, 0.3) is 0 Å². The van der Waals surface area contributed by atoms with Gasteiger partial charge in [0.05, 0.1) is 12.7 Å². The Morgan fingerprint density at radius 1 is 1.57 bits per heavy atom. The largest absolute Gasteiger partial charge is 0.387 e. The first kappa shape index (κ1) is 11.1. The molecule has 0 radical (unpaired) electrons. The van der Waals surface area contributed by atoms with Crippen LogP contribution in [0.2, 0.25) is 0 Å². The van der Waals surface area contributed by atoms with Crippen molar-refractivity contribution in [3.05, 3.63) is 35.1 Å². The first-order valence-corrected chi connectivity index (χ1v) is 4.34. The summed E-state index contributed by atoms with van der Waals surface area (Å²) in [7, 11) is 1.50. The van der Waals surface area contributed by atoms with Crippen molar-refractivity contribution in [1.29, 1.82) is 0 Å². The van der Waals surface area contributed by atoms with Crippen LogP contribution in [0.15, 0.2) is 18.2 Å². The van der Waals surface area contributed by atoms with Crippen molar-refractivity contribution in [3.63, 3.8) is 0 Å². The Morgan fingerprint density at radius 2 is 2.29 bits per heavy atom. The SMILES string of the molecule is COCc1ccc(C(O)CN)cc1F. The Morgan fingerprint density at radius 3 is 2.79 bits per heavy atom. The van der Waals surface area contributed by atoms with Crippen LogP contribution >= 0.6 is 0 Å². The Kier molecular flexibility index (Phi) is 4.00. The van der Waals surface area contributed by atoms with Crippen LogP contribution in [-0.4, -0.2) is 18.8 Å². The third kappa shape index (κ3) is 2.51. The number of ether oxygens (including phenoxy) is 1. The highest BCUT2D eigenvalue weighted by molar-refractivity contribution is 5.25. The predicted molar refractivity (Wildman–Crippen MR) is 51.1 cm³/mol. The van der Waals surface area contributed by atoms with Gasteiger partial charge < -0.3 is 15.6 Å². The van der Waals surface area contributed by atoms with E-state index in [2.05, 4.69) is 0 Å². The molecule has 1 aromatic carbocycles. The van der Waals surface area contributed by atoms with Crippen molar-refractivity contribution in [3.8, 4) is 0 Å². The first-order valence-electron chi connectivity index (χ1n) is 4.34. The van der Waals surface area contributed by atoms with Crippen molar-refractivity contribution in [1.82, 2.24) is 0 Å². The second-order valence-electron chi connectivity index (χ2n) is 3.04. The van der Waals surface area contributed by atoms with Crippen molar-refractivity contribution in [2.75, 3.05) is 13.7 Å². The Bertz CT molecular complexity index is 304. The number of hydrogen-bond acceptors (Lipinski definition) is 3. The number of benzene rings is 1. The van der Waals surface area contributed by atoms with Crippen molar-refractivity contribution < 1.29 is 14.2 Å². The summed E-state index contributed by atoms with van der Waals surface area (Å²) in [4.78, 5) is 0. The average molecular weight is 199 g/mol. The average Bonchev–Trinajstić information content (AvgIpc) is 2.20. The molecule has 0 amide bonds. The van der Waals surface area contributed by atoms with Gasteiger partial charge in [0.1, 0.15) is 5.82 Å². The van der Waals surface area contributed by atoms with Gasteiger partial charge in [-0.2, -0.15) is 0 Å². The second-order valence-corrected chi connectivity index (χ2v) is 3.04. The summed E-state index contributed by atoms with van der Waals surface area (Å²) in [6.45, 7) is 0.313. The molecule has 0 aliphatic rings. The summed E-state index contributed by atoms with van der Waals surface area (Å²) < 4.78 is 18.1. The van der Waals surface area contributed by atoms with Crippen LogP contribution in [0.5, 0.6) is 0 Å². The zero-order valence-corrected chi connectivity index (χ0v) is 8.03. The first-order chi connectivity index (χ1) is 6.69. The molecule has 0 heterocycles. The van der Waals surface area contributed by atoms with Crippen molar-refractivity contribution in [2.45, 2.75) is 12.7 Å². The van der Waals surface area contributed by atoms with Crippen LogP contribution in [0.1, 0.15) is 17.2 Å². The molecule has 1 unspecified atom stereocenters.